The number of aliphatic carboxylic acids is 1. The zero-order chi connectivity index (χ0) is 13.0. The largest absolute Gasteiger partial charge is 0.479 e. The molecule has 1 heterocycles. The summed E-state index contributed by atoms with van der Waals surface area (Å²) in [5.41, 5.74) is 1.80. The van der Waals surface area contributed by atoms with Crippen LogP contribution in [0.4, 0.5) is 0 Å². The highest BCUT2D eigenvalue weighted by Crippen LogP contribution is 2.29. The molecule has 2 aromatic rings. The Kier molecular flexibility index (Phi) is 3.57. The maximum atomic E-state index is 10.8. The highest BCUT2D eigenvalue weighted by Gasteiger charge is 2.14. The van der Waals surface area contributed by atoms with Crippen molar-refractivity contribution in [3.8, 4) is 16.9 Å². The first-order valence-corrected chi connectivity index (χ1v) is 5.57. The summed E-state index contributed by atoms with van der Waals surface area (Å²) in [6, 6.07) is 11.1. The van der Waals surface area contributed by atoms with E-state index in [0.29, 0.717) is 5.75 Å². The number of carboxylic acid groups (broad SMARTS) is 1. The standard InChI is InChI=1S/C14H13NO3/c1-10(14(16)17)18-13-5-3-2-4-12(13)11-6-8-15-9-7-11/h2-10H,1H3,(H,16,17). The molecule has 0 spiro atoms. The van der Waals surface area contributed by atoms with Crippen molar-refractivity contribution in [1.82, 2.24) is 4.98 Å². The Balaban J connectivity index is 2.35. The second kappa shape index (κ2) is 5.31. The summed E-state index contributed by atoms with van der Waals surface area (Å²) in [4.78, 5) is 14.8. The Hall–Kier alpha value is -2.36. The Morgan fingerprint density at radius 2 is 1.89 bits per heavy atom. The van der Waals surface area contributed by atoms with Crippen molar-refractivity contribution in [2.45, 2.75) is 13.0 Å². The van der Waals surface area contributed by atoms with Gasteiger partial charge in [0, 0.05) is 18.0 Å². The molecule has 4 nitrogen and oxygen atoms in total. The predicted octanol–water partition coefficient (Wildman–Crippen LogP) is 2.60. The third-order valence-corrected chi connectivity index (χ3v) is 2.53. The van der Waals surface area contributed by atoms with Gasteiger partial charge >= 0.3 is 5.97 Å². The van der Waals surface area contributed by atoms with Gasteiger partial charge in [0.25, 0.3) is 0 Å². The van der Waals surface area contributed by atoms with Crippen molar-refractivity contribution in [3.63, 3.8) is 0 Å². The van der Waals surface area contributed by atoms with Crippen LogP contribution in [0.25, 0.3) is 11.1 Å². The number of carboxylic acids is 1. The van der Waals surface area contributed by atoms with Gasteiger partial charge in [-0.3, -0.25) is 4.98 Å². The number of hydrogen-bond donors (Lipinski definition) is 1. The van der Waals surface area contributed by atoms with Crippen LogP contribution in [-0.2, 0) is 4.79 Å². The second-order valence-electron chi connectivity index (χ2n) is 3.83. The van der Waals surface area contributed by atoms with Gasteiger partial charge in [0.05, 0.1) is 0 Å². The van der Waals surface area contributed by atoms with E-state index in [9.17, 15) is 4.79 Å². The fraction of sp³-hybridized carbons (Fsp3) is 0.143. The van der Waals surface area contributed by atoms with Crippen molar-refractivity contribution in [3.05, 3.63) is 48.8 Å². The molecule has 0 bridgehead atoms. The smallest absolute Gasteiger partial charge is 0.344 e. The van der Waals surface area contributed by atoms with Gasteiger partial charge in [0.2, 0.25) is 0 Å². The molecule has 1 N–H and O–H groups in total. The lowest BCUT2D eigenvalue weighted by atomic mass is 10.1. The minimum absolute atomic E-state index is 0.554. The van der Waals surface area contributed by atoms with Gasteiger partial charge in [-0.15, -0.1) is 0 Å². The Morgan fingerprint density at radius 3 is 2.56 bits per heavy atom. The molecule has 2 rings (SSSR count). The molecule has 1 aromatic carbocycles. The van der Waals surface area contributed by atoms with Gasteiger partial charge in [0.1, 0.15) is 5.75 Å². The van der Waals surface area contributed by atoms with Crippen LogP contribution in [0.2, 0.25) is 0 Å². The number of hydrogen-bond acceptors (Lipinski definition) is 3. The average molecular weight is 243 g/mol. The molecule has 0 saturated heterocycles. The number of ether oxygens (including phenoxy) is 1. The van der Waals surface area contributed by atoms with Crippen LogP contribution >= 0.6 is 0 Å². The fourth-order valence-electron chi connectivity index (χ4n) is 1.58. The quantitative estimate of drug-likeness (QED) is 0.896. The summed E-state index contributed by atoms with van der Waals surface area (Å²) in [7, 11) is 0. The van der Waals surface area contributed by atoms with E-state index in [4.69, 9.17) is 9.84 Å². The molecule has 18 heavy (non-hydrogen) atoms. The van der Waals surface area contributed by atoms with Crippen LogP contribution in [0.3, 0.4) is 0 Å². The Morgan fingerprint density at radius 1 is 1.22 bits per heavy atom. The van der Waals surface area contributed by atoms with Crippen molar-refractivity contribution < 1.29 is 14.6 Å². The molecule has 0 amide bonds. The summed E-state index contributed by atoms with van der Waals surface area (Å²) < 4.78 is 5.44. The van der Waals surface area contributed by atoms with Crippen molar-refractivity contribution >= 4 is 5.97 Å². The zero-order valence-corrected chi connectivity index (χ0v) is 9.91. The minimum Gasteiger partial charge on any atom is -0.479 e. The fourth-order valence-corrected chi connectivity index (χ4v) is 1.58. The number of carbonyl (C=O) groups is 1. The summed E-state index contributed by atoms with van der Waals surface area (Å²) in [6.07, 6.45) is 2.49. The summed E-state index contributed by atoms with van der Waals surface area (Å²) in [5.74, 6) is -0.432. The van der Waals surface area contributed by atoms with E-state index in [1.807, 2.05) is 30.3 Å². The van der Waals surface area contributed by atoms with E-state index in [1.165, 1.54) is 6.92 Å². The maximum Gasteiger partial charge on any atom is 0.344 e. The number of para-hydroxylation sites is 1. The van der Waals surface area contributed by atoms with Crippen LogP contribution in [0, 0.1) is 0 Å². The lowest BCUT2D eigenvalue weighted by molar-refractivity contribution is -0.144. The number of rotatable bonds is 4. The molecule has 92 valence electrons. The van der Waals surface area contributed by atoms with E-state index in [-0.39, 0.29) is 0 Å². The van der Waals surface area contributed by atoms with Crippen molar-refractivity contribution in [1.29, 1.82) is 0 Å². The monoisotopic (exact) mass is 243 g/mol. The first-order chi connectivity index (χ1) is 8.68. The topological polar surface area (TPSA) is 59.4 Å². The third-order valence-electron chi connectivity index (χ3n) is 2.53. The summed E-state index contributed by atoms with van der Waals surface area (Å²) >= 11 is 0. The molecule has 0 fully saturated rings. The molecule has 4 heteroatoms. The highest BCUT2D eigenvalue weighted by molar-refractivity contribution is 5.74. The van der Waals surface area contributed by atoms with Gasteiger partial charge in [-0.25, -0.2) is 4.79 Å². The molecule has 1 unspecified atom stereocenters. The minimum atomic E-state index is -0.987. The Bertz CT molecular complexity index is 540. The van der Waals surface area contributed by atoms with Crippen molar-refractivity contribution in [2.24, 2.45) is 0 Å². The van der Waals surface area contributed by atoms with Crippen molar-refractivity contribution in [2.75, 3.05) is 0 Å². The number of pyridine rings is 1. The molecule has 0 aliphatic carbocycles. The van der Waals surface area contributed by atoms with Gasteiger partial charge in [0.15, 0.2) is 6.10 Å². The van der Waals surface area contributed by atoms with E-state index >= 15 is 0 Å². The lowest BCUT2D eigenvalue weighted by Gasteiger charge is -2.14. The SMILES string of the molecule is CC(Oc1ccccc1-c1ccncc1)C(=O)O. The molecule has 0 aliphatic rings. The van der Waals surface area contributed by atoms with Crippen LogP contribution in [0.15, 0.2) is 48.8 Å². The zero-order valence-electron chi connectivity index (χ0n) is 9.91. The molecule has 0 saturated carbocycles. The highest BCUT2D eigenvalue weighted by atomic mass is 16.5. The van der Waals surface area contributed by atoms with Crippen LogP contribution in [0.1, 0.15) is 6.92 Å². The van der Waals surface area contributed by atoms with Crippen LogP contribution in [-0.4, -0.2) is 22.2 Å². The summed E-state index contributed by atoms with van der Waals surface area (Å²) in [6.45, 7) is 1.51. The van der Waals surface area contributed by atoms with Gasteiger partial charge in [-0.05, 0) is 30.7 Å². The summed E-state index contributed by atoms with van der Waals surface area (Å²) in [5, 5.41) is 8.87. The molecule has 1 atom stereocenters. The molecule has 0 aliphatic heterocycles. The maximum absolute atomic E-state index is 10.8. The number of nitrogens with zero attached hydrogens (tertiary/aromatic N) is 1. The van der Waals surface area contributed by atoms with Crippen LogP contribution < -0.4 is 4.74 Å². The van der Waals surface area contributed by atoms with Gasteiger partial charge in [-0.2, -0.15) is 0 Å². The third kappa shape index (κ3) is 2.66. The first-order valence-electron chi connectivity index (χ1n) is 5.57. The predicted molar refractivity (Wildman–Crippen MR) is 67.4 cm³/mol. The molecular weight excluding hydrogens is 230 g/mol. The Labute approximate surface area is 105 Å². The van der Waals surface area contributed by atoms with Crippen LogP contribution in [0.5, 0.6) is 5.75 Å². The normalized spacial score (nSPS) is 11.8. The van der Waals surface area contributed by atoms with Gasteiger partial charge in [-0.1, -0.05) is 18.2 Å². The molecule has 1 aromatic heterocycles. The molecule has 0 radical (unpaired) electrons. The second-order valence-corrected chi connectivity index (χ2v) is 3.83. The van der Waals surface area contributed by atoms with E-state index < -0.39 is 12.1 Å². The lowest BCUT2D eigenvalue weighted by Crippen LogP contribution is -2.23. The first kappa shape index (κ1) is 12.1. The number of aromatic nitrogens is 1. The molecular formula is C14H13NO3. The van der Waals surface area contributed by atoms with E-state index in [2.05, 4.69) is 4.98 Å². The van der Waals surface area contributed by atoms with Gasteiger partial charge < -0.3 is 9.84 Å². The van der Waals surface area contributed by atoms with E-state index in [0.717, 1.165) is 11.1 Å². The average Bonchev–Trinajstić information content (AvgIpc) is 2.40. The van der Waals surface area contributed by atoms with E-state index in [1.54, 1.807) is 18.5 Å². The number of benzene rings is 1.